The Hall–Kier alpha value is -3.10. The monoisotopic (exact) mass is 491 g/mol. The molecule has 3 aliphatic heterocycles. The summed E-state index contributed by atoms with van der Waals surface area (Å²) in [6.45, 7) is 1.11. The van der Waals surface area contributed by atoms with Crippen LogP contribution in [0.25, 0.3) is 5.57 Å². The molecule has 36 heavy (non-hydrogen) atoms. The van der Waals surface area contributed by atoms with Gasteiger partial charge in [0.15, 0.2) is 11.5 Å². The highest BCUT2D eigenvalue weighted by molar-refractivity contribution is 5.82. The van der Waals surface area contributed by atoms with Crippen LogP contribution in [-0.2, 0) is 17.9 Å². The molecule has 4 aliphatic rings. The number of allylic oxidation sites excluding steroid dienone is 2. The van der Waals surface area contributed by atoms with E-state index in [0.29, 0.717) is 18.8 Å². The number of nitrogens with zero attached hydrogens (tertiary/aromatic N) is 3. The van der Waals surface area contributed by atoms with Gasteiger partial charge in [-0.15, -0.1) is 0 Å². The van der Waals surface area contributed by atoms with E-state index >= 15 is 0 Å². The topological polar surface area (TPSA) is 84.2 Å². The van der Waals surface area contributed by atoms with E-state index in [-0.39, 0.29) is 42.7 Å². The smallest absolute Gasteiger partial charge is 0.258 e. The van der Waals surface area contributed by atoms with Crippen molar-refractivity contribution in [1.29, 1.82) is 0 Å². The maximum absolute atomic E-state index is 13.6. The van der Waals surface area contributed by atoms with Crippen LogP contribution in [0.2, 0.25) is 0 Å². The van der Waals surface area contributed by atoms with Crippen LogP contribution >= 0.6 is 0 Å². The molecule has 0 bridgehead atoms. The number of rotatable bonds is 5. The number of likely N-dealkylation sites (N-methyl/N-ethyl adjacent to an activating group) is 1. The highest BCUT2D eigenvalue weighted by atomic mass is 16.7. The summed E-state index contributed by atoms with van der Waals surface area (Å²) in [4.78, 5) is 30.9. The van der Waals surface area contributed by atoms with Crippen molar-refractivity contribution < 1.29 is 19.4 Å². The zero-order valence-electron chi connectivity index (χ0n) is 20.9. The number of hydrogen-bond acceptors (Lipinski definition) is 6. The summed E-state index contributed by atoms with van der Waals surface area (Å²) in [5.74, 6) is 1.10. The third-order valence-corrected chi connectivity index (χ3v) is 8.32. The van der Waals surface area contributed by atoms with Gasteiger partial charge in [-0.1, -0.05) is 12.1 Å². The number of amides is 1. The molecule has 1 amide bonds. The number of aliphatic hydroxyl groups is 1. The fourth-order valence-corrected chi connectivity index (χ4v) is 6.61. The maximum Gasteiger partial charge on any atom is 0.258 e. The van der Waals surface area contributed by atoms with Crippen LogP contribution in [0.3, 0.4) is 0 Å². The Kier molecular flexibility index (Phi) is 5.88. The minimum Gasteiger partial charge on any atom is -0.454 e. The fourth-order valence-electron chi connectivity index (χ4n) is 6.61. The van der Waals surface area contributed by atoms with Gasteiger partial charge in [-0.2, -0.15) is 0 Å². The zero-order chi connectivity index (χ0) is 25.0. The minimum absolute atomic E-state index is 0.0259. The summed E-state index contributed by atoms with van der Waals surface area (Å²) >= 11 is 0. The lowest BCUT2D eigenvalue weighted by molar-refractivity contribution is -0.136. The molecule has 1 N–H and O–H groups in total. The third-order valence-electron chi connectivity index (χ3n) is 8.32. The van der Waals surface area contributed by atoms with Gasteiger partial charge in [0.05, 0.1) is 12.1 Å². The number of benzene rings is 1. The standard InChI is InChI=1S/C28H33N3O5/c1-29(2)28(34)26-21(15-32)20-14-30-22(10-9-19(27(30)33)18-6-4-3-5-7-18)25(20)31(26)13-17-8-11-23-24(12-17)36-16-35-23/h6,8-12,20-21,25-26,32H,3-5,7,13-16H2,1-2H3/t20-,21-,25+,26-/m0/s1. The molecular weight excluding hydrogens is 458 g/mol. The van der Waals surface area contributed by atoms with E-state index in [9.17, 15) is 14.7 Å². The molecular formula is C28H33N3O5. The Balaban J connectivity index is 1.41. The van der Waals surface area contributed by atoms with E-state index in [2.05, 4.69) is 17.0 Å². The molecule has 1 aliphatic carbocycles. The second-order valence-corrected chi connectivity index (χ2v) is 10.6. The molecule has 1 saturated heterocycles. The van der Waals surface area contributed by atoms with Crippen LogP contribution in [0.4, 0.5) is 0 Å². The van der Waals surface area contributed by atoms with Crippen molar-refractivity contribution >= 4 is 11.5 Å². The van der Waals surface area contributed by atoms with E-state index in [0.717, 1.165) is 47.4 Å². The van der Waals surface area contributed by atoms with Crippen molar-refractivity contribution in [2.24, 2.45) is 11.8 Å². The third kappa shape index (κ3) is 3.66. The van der Waals surface area contributed by atoms with Crippen molar-refractivity contribution in [2.75, 3.05) is 27.5 Å². The van der Waals surface area contributed by atoms with Crippen LogP contribution < -0.4 is 15.0 Å². The Morgan fingerprint density at radius 2 is 1.97 bits per heavy atom. The summed E-state index contributed by atoms with van der Waals surface area (Å²) in [5.41, 5.74) is 3.92. The van der Waals surface area contributed by atoms with E-state index in [1.54, 1.807) is 19.0 Å². The molecule has 1 fully saturated rings. The average Bonchev–Trinajstić information content (AvgIpc) is 3.58. The van der Waals surface area contributed by atoms with Crippen molar-refractivity contribution in [2.45, 2.75) is 50.9 Å². The number of pyridine rings is 1. The van der Waals surface area contributed by atoms with E-state index in [1.807, 2.05) is 28.8 Å². The largest absolute Gasteiger partial charge is 0.454 e. The Morgan fingerprint density at radius 1 is 1.14 bits per heavy atom. The van der Waals surface area contributed by atoms with Crippen LogP contribution in [0.1, 0.15) is 48.5 Å². The molecule has 4 atom stereocenters. The van der Waals surface area contributed by atoms with Gasteiger partial charge in [-0.05, 0) is 61.1 Å². The molecule has 0 unspecified atom stereocenters. The first-order valence-corrected chi connectivity index (χ1v) is 12.9. The lowest BCUT2D eigenvalue weighted by atomic mass is 9.88. The van der Waals surface area contributed by atoms with Crippen LogP contribution in [0, 0.1) is 11.8 Å². The van der Waals surface area contributed by atoms with Gasteiger partial charge in [-0.3, -0.25) is 14.5 Å². The predicted molar refractivity (Wildman–Crippen MR) is 135 cm³/mol. The predicted octanol–water partition coefficient (Wildman–Crippen LogP) is 2.79. The number of aliphatic hydroxyl groups excluding tert-OH is 1. The number of fused-ring (bicyclic) bond motifs is 4. The maximum atomic E-state index is 13.6. The van der Waals surface area contributed by atoms with Gasteiger partial charge in [0, 0.05) is 56.9 Å². The molecule has 0 saturated carbocycles. The van der Waals surface area contributed by atoms with Gasteiger partial charge in [0.2, 0.25) is 12.7 Å². The van der Waals surface area contributed by atoms with Crippen molar-refractivity contribution in [3.05, 3.63) is 63.6 Å². The Bertz CT molecular complexity index is 1280. The molecule has 1 aromatic carbocycles. The van der Waals surface area contributed by atoms with E-state index in [1.165, 1.54) is 6.42 Å². The molecule has 4 heterocycles. The quantitative estimate of drug-likeness (QED) is 0.693. The normalized spacial score (nSPS) is 26.5. The van der Waals surface area contributed by atoms with Gasteiger partial charge >= 0.3 is 0 Å². The Labute approximate surface area is 210 Å². The zero-order valence-corrected chi connectivity index (χ0v) is 20.9. The van der Waals surface area contributed by atoms with Gasteiger partial charge in [0.1, 0.15) is 0 Å². The van der Waals surface area contributed by atoms with Crippen molar-refractivity contribution in [1.82, 2.24) is 14.4 Å². The first kappa shape index (κ1) is 23.3. The molecule has 1 aromatic heterocycles. The highest BCUT2D eigenvalue weighted by Gasteiger charge is 2.55. The lowest BCUT2D eigenvalue weighted by Crippen LogP contribution is -2.47. The number of hydrogen-bond donors (Lipinski definition) is 1. The van der Waals surface area contributed by atoms with Crippen molar-refractivity contribution in [3.8, 4) is 11.5 Å². The average molecular weight is 492 g/mol. The van der Waals surface area contributed by atoms with Gasteiger partial charge in [-0.25, -0.2) is 0 Å². The molecule has 190 valence electrons. The number of aromatic nitrogens is 1. The molecule has 2 aromatic rings. The number of likely N-dealkylation sites (tertiary alicyclic amines) is 1. The fraction of sp³-hybridized carbons (Fsp3) is 0.500. The van der Waals surface area contributed by atoms with Crippen LogP contribution in [0.15, 0.2) is 41.2 Å². The molecule has 0 spiro atoms. The minimum atomic E-state index is -0.477. The summed E-state index contributed by atoms with van der Waals surface area (Å²) < 4.78 is 12.9. The molecule has 6 rings (SSSR count). The van der Waals surface area contributed by atoms with Crippen LogP contribution in [0.5, 0.6) is 11.5 Å². The first-order valence-electron chi connectivity index (χ1n) is 12.9. The SMILES string of the molecule is CN(C)C(=O)[C@@H]1[C@@H](CO)[C@@H]2Cn3c(ccc(C4=CCCCC4)c3=O)[C@@H]2N1Cc1ccc2c(c1)OCO2. The molecule has 8 heteroatoms. The number of carbonyl (C=O) groups excluding carboxylic acids is 1. The second kappa shape index (κ2) is 9.09. The Morgan fingerprint density at radius 3 is 2.72 bits per heavy atom. The van der Waals surface area contributed by atoms with E-state index < -0.39 is 6.04 Å². The van der Waals surface area contributed by atoms with Crippen LogP contribution in [-0.4, -0.2) is 58.9 Å². The lowest BCUT2D eigenvalue weighted by Gasteiger charge is -2.32. The summed E-state index contributed by atoms with van der Waals surface area (Å²) in [7, 11) is 3.51. The highest BCUT2D eigenvalue weighted by Crippen LogP contribution is 2.50. The molecule has 0 radical (unpaired) electrons. The first-order chi connectivity index (χ1) is 17.5. The van der Waals surface area contributed by atoms with Crippen molar-refractivity contribution in [3.63, 3.8) is 0 Å². The summed E-state index contributed by atoms with van der Waals surface area (Å²) in [6.07, 6.45) is 6.45. The van der Waals surface area contributed by atoms with Gasteiger partial charge in [0.25, 0.3) is 5.56 Å². The summed E-state index contributed by atoms with van der Waals surface area (Å²) in [6, 6.07) is 9.28. The van der Waals surface area contributed by atoms with E-state index in [4.69, 9.17) is 9.47 Å². The number of carbonyl (C=O) groups is 1. The second-order valence-electron chi connectivity index (χ2n) is 10.6. The number of ether oxygens (including phenoxy) is 2. The summed E-state index contributed by atoms with van der Waals surface area (Å²) in [5, 5.41) is 10.5. The van der Waals surface area contributed by atoms with Gasteiger partial charge < -0.3 is 24.0 Å². The molecule has 8 nitrogen and oxygen atoms in total.